The minimum absolute atomic E-state index is 0.269. The molecule has 2 nitrogen and oxygen atoms in total. The molecule has 1 N–H and O–H groups in total. The highest BCUT2D eigenvalue weighted by Gasteiger charge is 2.22. The van der Waals surface area contributed by atoms with Crippen LogP contribution in [0.4, 0.5) is 4.39 Å². The van der Waals surface area contributed by atoms with Crippen LogP contribution < -0.4 is 5.32 Å². The summed E-state index contributed by atoms with van der Waals surface area (Å²) in [5.41, 5.74) is 1.24. The average Bonchev–Trinajstić information content (AvgIpc) is 2.50. The number of amides is 1. The molecule has 0 unspecified atom stereocenters. The van der Waals surface area contributed by atoms with Gasteiger partial charge in [-0.15, -0.1) is 0 Å². The number of carbonyl (C=O) groups is 1. The Kier molecular flexibility index (Phi) is 3.07. The number of hydrogen-bond donors (Lipinski definition) is 1. The minimum atomic E-state index is -0.335. The van der Waals surface area contributed by atoms with Crippen LogP contribution in [0.3, 0.4) is 0 Å². The van der Waals surface area contributed by atoms with E-state index in [1.807, 2.05) is 6.92 Å². The molecule has 1 saturated heterocycles. The zero-order valence-electron chi connectivity index (χ0n) is 8.41. The van der Waals surface area contributed by atoms with Crippen molar-refractivity contribution < 1.29 is 9.18 Å². The van der Waals surface area contributed by atoms with Crippen molar-refractivity contribution >= 4 is 40.3 Å². The monoisotopic (exact) mass is 253 g/mol. The Morgan fingerprint density at radius 3 is 2.81 bits per heavy atom. The van der Waals surface area contributed by atoms with Gasteiger partial charge in [-0.3, -0.25) is 4.79 Å². The highest BCUT2D eigenvalue weighted by Crippen LogP contribution is 2.26. The van der Waals surface area contributed by atoms with Crippen molar-refractivity contribution in [3.63, 3.8) is 0 Å². The fourth-order valence-electron chi connectivity index (χ4n) is 1.31. The summed E-state index contributed by atoms with van der Waals surface area (Å²) in [4.78, 5) is 11.8. The predicted molar refractivity (Wildman–Crippen MR) is 67.4 cm³/mol. The van der Waals surface area contributed by atoms with E-state index in [4.69, 9.17) is 12.2 Å². The third-order valence-corrected chi connectivity index (χ3v) is 3.25. The Labute approximate surface area is 102 Å². The number of carbonyl (C=O) groups excluding carboxylic acids is 1. The number of thioether (sulfide) groups is 1. The Morgan fingerprint density at radius 1 is 1.50 bits per heavy atom. The molecule has 0 bridgehead atoms. The van der Waals surface area contributed by atoms with Gasteiger partial charge in [-0.2, -0.15) is 0 Å². The van der Waals surface area contributed by atoms with Gasteiger partial charge in [0.25, 0.3) is 5.91 Å². The van der Waals surface area contributed by atoms with E-state index in [2.05, 4.69) is 5.32 Å². The van der Waals surface area contributed by atoms with Gasteiger partial charge in [0.15, 0.2) is 0 Å². The normalized spacial score (nSPS) is 18.0. The first-order valence-electron chi connectivity index (χ1n) is 4.57. The number of aryl methyl sites for hydroxylation is 1. The summed E-state index contributed by atoms with van der Waals surface area (Å²) < 4.78 is 13.9. The third kappa shape index (κ3) is 2.31. The topological polar surface area (TPSA) is 29.1 Å². The van der Waals surface area contributed by atoms with E-state index in [0.717, 1.165) is 17.3 Å². The van der Waals surface area contributed by atoms with E-state index in [1.54, 1.807) is 12.1 Å². The number of nitrogens with one attached hydrogen (secondary N) is 1. The molecule has 16 heavy (non-hydrogen) atoms. The predicted octanol–water partition coefficient (Wildman–Crippen LogP) is 2.62. The molecule has 0 radical (unpaired) electrons. The van der Waals surface area contributed by atoms with E-state index in [9.17, 15) is 9.18 Å². The molecule has 2 rings (SSSR count). The fraction of sp³-hybridized carbons (Fsp3) is 0.0909. The molecule has 1 aromatic rings. The van der Waals surface area contributed by atoms with Gasteiger partial charge in [0.2, 0.25) is 0 Å². The lowest BCUT2D eigenvalue weighted by Crippen LogP contribution is -2.17. The summed E-state index contributed by atoms with van der Waals surface area (Å²) in [6.07, 6.45) is 1.51. The van der Waals surface area contributed by atoms with Crippen molar-refractivity contribution in [3.05, 3.63) is 40.0 Å². The van der Waals surface area contributed by atoms with Crippen LogP contribution in [0, 0.1) is 12.7 Å². The summed E-state index contributed by atoms with van der Waals surface area (Å²) in [6.45, 7) is 1.81. The second-order valence-electron chi connectivity index (χ2n) is 3.38. The highest BCUT2D eigenvalue weighted by atomic mass is 32.2. The molecule has 82 valence electrons. The molecule has 1 aliphatic heterocycles. The standard InChI is InChI=1S/C11H8FNOS2/c1-6-2-3-7(8(12)4-6)5-9-10(14)13-11(15)16-9/h2-5H,1H3,(H,13,14,15). The summed E-state index contributed by atoms with van der Waals surface area (Å²) >= 11 is 5.99. The number of thiocarbonyl (C=S) groups is 1. The van der Waals surface area contributed by atoms with E-state index < -0.39 is 0 Å². The Balaban J connectivity index is 2.36. The van der Waals surface area contributed by atoms with Crippen molar-refractivity contribution in [3.8, 4) is 0 Å². The molecule has 5 heteroatoms. The van der Waals surface area contributed by atoms with Crippen LogP contribution >= 0.6 is 24.0 Å². The van der Waals surface area contributed by atoms with Crippen LogP contribution in [0.25, 0.3) is 6.08 Å². The van der Waals surface area contributed by atoms with Gasteiger partial charge in [-0.05, 0) is 24.6 Å². The molecule has 0 aromatic heterocycles. The lowest BCUT2D eigenvalue weighted by molar-refractivity contribution is -0.115. The molecule has 0 aliphatic carbocycles. The van der Waals surface area contributed by atoms with Crippen molar-refractivity contribution in [2.75, 3.05) is 0 Å². The van der Waals surface area contributed by atoms with Gasteiger partial charge in [0, 0.05) is 5.56 Å². The number of hydrogen-bond acceptors (Lipinski definition) is 3. The maximum Gasteiger partial charge on any atom is 0.263 e. The molecule has 0 atom stereocenters. The van der Waals surface area contributed by atoms with Crippen LogP contribution in [0.5, 0.6) is 0 Å². The molecule has 0 spiro atoms. The molecule has 1 aliphatic rings. The van der Waals surface area contributed by atoms with Gasteiger partial charge in [-0.1, -0.05) is 36.1 Å². The van der Waals surface area contributed by atoms with Gasteiger partial charge in [0.1, 0.15) is 10.1 Å². The molecule has 1 amide bonds. The molecule has 1 heterocycles. The largest absolute Gasteiger partial charge is 0.307 e. The van der Waals surface area contributed by atoms with Crippen LogP contribution in [0.1, 0.15) is 11.1 Å². The van der Waals surface area contributed by atoms with E-state index in [0.29, 0.717) is 14.8 Å². The zero-order valence-corrected chi connectivity index (χ0v) is 10.0. The average molecular weight is 253 g/mol. The van der Waals surface area contributed by atoms with Crippen LogP contribution in [0.15, 0.2) is 23.1 Å². The second kappa shape index (κ2) is 4.35. The lowest BCUT2D eigenvalue weighted by Gasteiger charge is -1.99. The Hall–Kier alpha value is -1.20. The van der Waals surface area contributed by atoms with Crippen molar-refractivity contribution in [1.82, 2.24) is 5.32 Å². The van der Waals surface area contributed by atoms with Gasteiger partial charge < -0.3 is 5.32 Å². The quantitative estimate of drug-likeness (QED) is 0.616. The number of halogens is 1. The lowest BCUT2D eigenvalue weighted by atomic mass is 10.1. The van der Waals surface area contributed by atoms with Crippen LogP contribution in [-0.4, -0.2) is 10.2 Å². The zero-order chi connectivity index (χ0) is 11.7. The number of rotatable bonds is 1. The molecule has 1 aromatic carbocycles. The molecular formula is C11H8FNOS2. The highest BCUT2D eigenvalue weighted by molar-refractivity contribution is 8.26. The maximum absolute atomic E-state index is 13.5. The fourth-order valence-corrected chi connectivity index (χ4v) is 2.35. The SMILES string of the molecule is Cc1ccc(C=C2SC(=S)NC2=O)c(F)c1. The maximum atomic E-state index is 13.5. The Bertz CT molecular complexity index is 511. The second-order valence-corrected chi connectivity index (χ2v) is 5.10. The van der Waals surface area contributed by atoms with Crippen molar-refractivity contribution in [1.29, 1.82) is 0 Å². The van der Waals surface area contributed by atoms with Crippen LogP contribution in [-0.2, 0) is 4.79 Å². The summed E-state index contributed by atoms with van der Waals surface area (Å²) in [5.74, 6) is -0.603. The van der Waals surface area contributed by atoms with Gasteiger partial charge >= 0.3 is 0 Å². The van der Waals surface area contributed by atoms with Gasteiger partial charge in [-0.25, -0.2) is 4.39 Å². The first kappa shape index (κ1) is 11.3. The van der Waals surface area contributed by atoms with Crippen LogP contribution in [0.2, 0.25) is 0 Å². The number of benzene rings is 1. The summed E-state index contributed by atoms with van der Waals surface area (Å²) in [6, 6.07) is 4.88. The summed E-state index contributed by atoms with van der Waals surface area (Å²) in [7, 11) is 0. The van der Waals surface area contributed by atoms with E-state index >= 15 is 0 Å². The van der Waals surface area contributed by atoms with Gasteiger partial charge in [0.05, 0.1) is 4.91 Å². The van der Waals surface area contributed by atoms with E-state index in [-0.39, 0.29) is 11.7 Å². The first-order valence-corrected chi connectivity index (χ1v) is 5.80. The smallest absolute Gasteiger partial charge is 0.263 e. The third-order valence-electron chi connectivity index (χ3n) is 2.08. The summed E-state index contributed by atoms with van der Waals surface area (Å²) in [5, 5.41) is 2.48. The van der Waals surface area contributed by atoms with Crippen molar-refractivity contribution in [2.45, 2.75) is 6.92 Å². The Morgan fingerprint density at radius 2 is 2.25 bits per heavy atom. The minimum Gasteiger partial charge on any atom is -0.307 e. The first-order chi connectivity index (χ1) is 7.56. The van der Waals surface area contributed by atoms with Crippen molar-refractivity contribution in [2.24, 2.45) is 0 Å². The molecular weight excluding hydrogens is 245 g/mol. The van der Waals surface area contributed by atoms with E-state index in [1.165, 1.54) is 12.1 Å². The molecule has 0 saturated carbocycles. The molecule has 1 fully saturated rings.